The molecule has 2 nitrogen and oxygen atoms in total. The molecule has 1 N–H and O–H groups in total. The highest BCUT2D eigenvalue weighted by Crippen LogP contribution is 2.12. The zero-order valence-electron chi connectivity index (χ0n) is 9.69. The predicted molar refractivity (Wildman–Crippen MR) is 67.8 cm³/mol. The molecule has 86 valence electrons. The highest BCUT2D eigenvalue weighted by molar-refractivity contribution is 7.09. The highest BCUT2D eigenvalue weighted by atomic mass is 32.1. The van der Waals surface area contributed by atoms with Gasteiger partial charge in [-0.2, -0.15) is 0 Å². The van der Waals surface area contributed by atoms with Crippen LogP contribution in [0.2, 0.25) is 0 Å². The molecule has 2 heterocycles. The molecule has 16 heavy (non-hydrogen) atoms. The van der Waals surface area contributed by atoms with Gasteiger partial charge in [-0.3, -0.25) is 0 Å². The third kappa shape index (κ3) is 2.97. The molecule has 0 aliphatic rings. The van der Waals surface area contributed by atoms with Crippen LogP contribution < -0.4 is 5.32 Å². The van der Waals surface area contributed by atoms with Crippen molar-refractivity contribution in [3.05, 3.63) is 46.0 Å². The monoisotopic (exact) mass is 235 g/mol. The summed E-state index contributed by atoms with van der Waals surface area (Å²) in [5.41, 5.74) is 1.22. The molecule has 1 atom stereocenters. The molecule has 0 bridgehead atoms. The summed E-state index contributed by atoms with van der Waals surface area (Å²) >= 11 is 1.81. The van der Waals surface area contributed by atoms with Gasteiger partial charge < -0.3 is 9.73 Å². The normalized spacial score (nSPS) is 12.9. The molecule has 0 saturated heterocycles. The molecule has 0 amide bonds. The average molecular weight is 235 g/mol. The van der Waals surface area contributed by atoms with Gasteiger partial charge in [-0.25, -0.2) is 0 Å². The van der Waals surface area contributed by atoms with Gasteiger partial charge in [-0.15, -0.1) is 11.3 Å². The lowest BCUT2D eigenvalue weighted by molar-refractivity contribution is 0.452. The minimum Gasteiger partial charge on any atom is -0.468 e. The van der Waals surface area contributed by atoms with E-state index in [2.05, 4.69) is 36.7 Å². The average Bonchev–Trinajstić information content (AvgIpc) is 2.87. The van der Waals surface area contributed by atoms with Crippen molar-refractivity contribution >= 4 is 11.3 Å². The first-order valence-electron chi connectivity index (χ1n) is 5.54. The zero-order valence-corrected chi connectivity index (χ0v) is 10.5. The quantitative estimate of drug-likeness (QED) is 0.859. The van der Waals surface area contributed by atoms with Crippen molar-refractivity contribution in [1.29, 1.82) is 0 Å². The van der Waals surface area contributed by atoms with E-state index in [4.69, 9.17) is 4.42 Å². The van der Waals surface area contributed by atoms with Gasteiger partial charge in [0.05, 0.1) is 12.8 Å². The number of nitrogens with one attached hydrogen (secondary N) is 1. The number of thiophene rings is 1. The summed E-state index contributed by atoms with van der Waals surface area (Å²) in [5.74, 6) is 1.04. The summed E-state index contributed by atoms with van der Waals surface area (Å²) in [6, 6.07) is 6.76. The van der Waals surface area contributed by atoms with Crippen LogP contribution in [-0.4, -0.2) is 6.04 Å². The van der Waals surface area contributed by atoms with Crippen LogP contribution in [-0.2, 0) is 13.0 Å². The summed E-state index contributed by atoms with van der Waals surface area (Å²) in [6.45, 7) is 5.09. The molecule has 0 saturated carbocycles. The van der Waals surface area contributed by atoms with Crippen molar-refractivity contribution in [2.24, 2.45) is 0 Å². The Hall–Kier alpha value is -1.06. The molecule has 2 aromatic rings. The summed E-state index contributed by atoms with van der Waals surface area (Å²) in [6.07, 6.45) is 2.83. The molecular weight excluding hydrogens is 218 g/mol. The van der Waals surface area contributed by atoms with E-state index in [9.17, 15) is 0 Å². The van der Waals surface area contributed by atoms with E-state index < -0.39 is 0 Å². The fraction of sp³-hybridized carbons (Fsp3) is 0.385. The summed E-state index contributed by atoms with van der Waals surface area (Å²) in [4.78, 5) is 1.43. The molecule has 3 heteroatoms. The molecule has 2 rings (SSSR count). The first-order valence-corrected chi connectivity index (χ1v) is 6.42. The molecular formula is C13H17NOS. The Morgan fingerprint density at radius 1 is 1.44 bits per heavy atom. The first kappa shape index (κ1) is 11.4. The maximum absolute atomic E-state index is 5.39. The number of rotatable bonds is 5. The van der Waals surface area contributed by atoms with Gasteiger partial charge in [0.2, 0.25) is 0 Å². The second-order valence-electron chi connectivity index (χ2n) is 4.09. The standard InChI is InChI=1S/C13H17NOS/c1-10-5-6-15-13(10)9-14-11(2)8-12-4-3-7-16-12/h3-7,11,14H,8-9H2,1-2H3. The van der Waals surface area contributed by atoms with Gasteiger partial charge in [0, 0.05) is 10.9 Å². The first-order chi connectivity index (χ1) is 7.75. The van der Waals surface area contributed by atoms with Crippen LogP contribution in [0.15, 0.2) is 34.3 Å². The Bertz CT molecular complexity index is 419. The van der Waals surface area contributed by atoms with Crippen LogP contribution in [0.25, 0.3) is 0 Å². The van der Waals surface area contributed by atoms with E-state index in [1.54, 1.807) is 6.26 Å². The van der Waals surface area contributed by atoms with Crippen molar-refractivity contribution in [3.63, 3.8) is 0 Å². The lowest BCUT2D eigenvalue weighted by Gasteiger charge is -2.11. The maximum Gasteiger partial charge on any atom is 0.120 e. The van der Waals surface area contributed by atoms with Gasteiger partial charge in [0.1, 0.15) is 5.76 Å². The fourth-order valence-corrected chi connectivity index (χ4v) is 2.49. The Balaban J connectivity index is 1.80. The van der Waals surface area contributed by atoms with Gasteiger partial charge >= 0.3 is 0 Å². The summed E-state index contributed by atoms with van der Waals surface area (Å²) in [7, 11) is 0. The smallest absolute Gasteiger partial charge is 0.120 e. The third-order valence-corrected chi connectivity index (χ3v) is 3.57. The van der Waals surface area contributed by atoms with Crippen molar-refractivity contribution in [2.75, 3.05) is 0 Å². The number of hydrogen-bond acceptors (Lipinski definition) is 3. The third-order valence-electron chi connectivity index (χ3n) is 2.67. The topological polar surface area (TPSA) is 25.2 Å². The molecule has 0 aromatic carbocycles. The van der Waals surface area contributed by atoms with Crippen LogP contribution in [0.5, 0.6) is 0 Å². The zero-order chi connectivity index (χ0) is 11.4. The second kappa shape index (κ2) is 5.32. The van der Waals surface area contributed by atoms with E-state index >= 15 is 0 Å². The fourth-order valence-electron chi connectivity index (χ4n) is 1.65. The SMILES string of the molecule is Cc1ccoc1CNC(C)Cc1cccs1. The van der Waals surface area contributed by atoms with E-state index in [1.165, 1.54) is 10.4 Å². The van der Waals surface area contributed by atoms with E-state index in [-0.39, 0.29) is 0 Å². The van der Waals surface area contributed by atoms with Crippen molar-refractivity contribution in [1.82, 2.24) is 5.32 Å². The van der Waals surface area contributed by atoms with Crippen LogP contribution in [0.4, 0.5) is 0 Å². The lowest BCUT2D eigenvalue weighted by atomic mass is 10.2. The highest BCUT2D eigenvalue weighted by Gasteiger charge is 2.06. The number of hydrogen-bond donors (Lipinski definition) is 1. The number of aryl methyl sites for hydroxylation is 1. The summed E-state index contributed by atoms with van der Waals surface area (Å²) in [5, 5.41) is 5.60. The van der Waals surface area contributed by atoms with Crippen LogP contribution >= 0.6 is 11.3 Å². The molecule has 0 fully saturated rings. The lowest BCUT2D eigenvalue weighted by Crippen LogP contribution is -2.27. The van der Waals surface area contributed by atoms with Crippen molar-refractivity contribution in [2.45, 2.75) is 32.9 Å². The van der Waals surface area contributed by atoms with E-state index in [0.29, 0.717) is 6.04 Å². The minimum atomic E-state index is 0.475. The second-order valence-corrected chi connectivity index (χ2v) is 5.12. The molecule has 0 radical (unpaired) electrons. The Labute approximate surface area is 100 Å². The van der Waals surface area contributed by atoms with Crippen LogP contribution in [0, 0.1) is 6.92 Å². The largest absolute Gasteiger partial charge is 0.468 e. The molecule has 2 aromatic heterocycles. The molecule has 0 aliphatic heterocycles. The van der Waals surface area contributed by atoms with E-state index in [0.717, 1.165) is 18.7 Å². The Morgan fingerprint density at radius 2 is 2.31 bits per heavy atom. The van der Waals surface area contributed by atoms with Crippen LogP contribution in [0.3, 0.4) is 0 Å². The van der Waals surface area contributed by atoms with Crippen LogP contribution in [0.1, 0.15) is 23.1 Å². The van der Waals surface area contributed by atoms with Gasteiger partial charge in [-0.1, -0.05) is 6.07 Å². The number of furan rings is 1. The summed E-state index contributed by atoms with van der Waals surface area (Å²) < 4.78 is 5.39. The van der Waals surface area contributed by atoms with Gasteiger partial charge in [-0.05, 0) is 43.3 Å². The predicted octanol–water partition coefficient (Wildman–Crippen LogP) is 3.37. The molecule has 0 aliphatic carbocycles. The van der Waals surface area contributed by atoms with Crippen molar-refractivity contribution in [3.8, 4) is 0 Å². The minimum absolute atomic E-state index is 0.475. The maximum atomic E-state index is 5.39. The Kier molecular flexibility index (Phi) is 3.80. The molecule has 0 spiro atoms. The molecule has 1 unspecified atom stereocenters. The van der Waals surface area contributed by atoms with Gasteiger partial charge in [0.25, 0.3) is 0 Å². The van der Waals surface area contributed by atoms with E-state index in [1.807, 2.05) is 17.4 Å². The Morgan fingerprint density at radius 3 is 2.94 bits per heavy atom. The van der Waals surface area contributed by atoms with Crippen molar-refractivity contribution < 1.29 is 4.42 Å². The van der Waals surface area contributed by atoms with Gasteiger partial charge in [0.15, 0.2) is 0 Å².